The van der Waals surface area contributed by atoms with Gasteiger partial charge in [-0.2, -0.15) is 0 Å². The SMILES string of the molecule is NCC(Cc1ccc(Cl)c(Cl)c1)c1ccc(F)cc1. The van der Waals surface area contributed by atoms with Crippen LogP contribution in [0.25, 0.3) is 0 Å². The molecule has 0 amide bonds. The van der Waals surface area contributed by atoms with Gasteiger partial charge in [0.25, 0.3) is 0 Å². The lowest BCUT2D eigenvalue weighted by molar-refractivity contribution is 0.623. The number of halogens is 3. The van der Waals surface area contributed by atoms with Crippen molar-refractivity contribution in [1.29, 1.82) is 0 Å². The van der Waals surface area contributed by atoms with Crippen molar-refractivity contribution in [2.45, 2.75) is 12.3 Å². The summed E-state index contributed by atoms with van der Waals surface area (Å²) in [7, 11) is 0. The minimum absolute atomic E-state index is 0.137. The van der Waals surface area contributed by atoms with Crippen molar-refractivity contribution < 1.29 is 4.39 Å². The molecule has 4 heteroatoms. The molecule has 0 aliphatic heterocycles. The maximum absolute atomic E-state index is 12.9. The number of nitrogens with two attached hydrogens (primary N) is 1. The Balaban J connectivity index is 2.18. The quantitative estimate of drug-likeness (QED) is 0.888. The minimum Gasteiger partial charge on any atom is -0.330 e. The van der Waals surface area contributed by atoms with E-state index in [0.29, 0.717) is 16.6 Å². The van der Waals surface area contributed by atoms with Gasteiger partial charge in [0.1, 0.15) is 5.82 Å². The van der Waals surface area contributed by atoms with E-state index in [1.807, 2.05) is 12.1 Å². The van der Waals surface area contributed by atoms with Gasteiger partial charge in [0.15, 0.2) is 0 Å². The zero-order valence-corrected chi connectivity index (χ0v) is 11.8. The molecule has 2 aromatic rings. The molecule has 1 nitrogen and oxygen atoms in total. The summed E-state index contributed by atoms with van der Waals surface area (Å²) >= 11 is 11.9. The summed E-state index contributed by atoms with van der Waals surface area (Å²) in [5.41, 5.74) is 7.89. The monoisotopic (exact) mass is 297 g/mol. The van der Waals surface area contributed by atoms with Gasteiger partial charge in [-0.1, -0.05) is 41.4 Å². The Labute approximate surface area is 122 Å². The van der Waals surface area contributed by atoms with E-state index in [9.17, 15) is 4.39 Å². The highest BCUT2D eigenvalue weighted by Gasteiger charge is 2.11. The Hall–Kier alpha value is -1.09. The zero-order valence-electron chi connectivity index (χ0n) is 10.2. The Bertz CT molecular complexity index is 555. The largest absolute Gasteiger partial charge is 0.330 e. The number of rotatable bonds is 4. The first-order valence-corrected chi connectivity index (χ1v) is 6.75. The second-order valence-corrected chi connectivity index (χ2v) is 5.25. The van der Waals surface area contributed by atoms with Gasteiger partial charge in [-0.15, -0.1) is 0 Å². The summed E-state index contributed by atoms with van der Waals surface area (Å²) in [5.74, 6) is -0.105. The third kappa shape index (κ3) is 3.69. The molecule has 0 radical (unpaired) electrons. The average Bonchev–Trinajstić information content (AvgIpc) is 2.41. The average molecular weight is 298 g/mol. The standard InChI is InChI=1S/C15H14Cl2FN/c16-14-6-1-10(8-15(14)17)7-12(9-19)11-2-4-13(18)5-3-11/h1-6,8,12H,7,9,19H2. The van der Waals surface area contributed by atoms with Crippen LogP contribution in [-0.2, 0) is 6.42 Å². The highest BCUT2D eigenvalue weighted by molar-refractivity contribution is 6.42. The highest BCUT2D eigenvalue weighted by atomic mass is 35.5. The summed E-state index contributed by atoms with van der Waals surface area (Å²) in [6, 6.07) is 12.0. The predicted octanol–water partition coefficient (Wildman–Crippen LogP) is 4.42. The summed E-state index contributed by atoms with van der Waals surface area (Å²) in [5, 5.41) is 1.07. The molecule has 0 aliphatic carbocycles. The van der Waals surface area contributed by atoms with Crippen molar-refractivity contribution in [1.82, 2.24) is 0 Å². The predicted molar refractivity (Wildman–Crippen MR) is 78.4 cm³/mol. The van der Waals surface area contributed by atoms with Crippen molar-refractivity contribution in [2.24, 2.45) is 5.73 Å². The third-order valence-electron chi connectivity index (χ3n) is 3.09. The summed E-state index contributed by atoms with van der Waals surface area (Å²) in [4.78, 5) is 0. The van der Waals surface area contributed by atoms with Crippen LogP contribution >= 0.6 is 23.2 Å². The van der Waals surface area contributed by atoms with Crippen LogP contribution in [0.1, 0.15) is 17.0 Å². The molecule has 100 valence electrons. The molecule has 0 heterocycles. The lowest BCUT2D eigenvalue weighted by Gasteiger charge is -2.15. The van der Waals surface area contributed by atoms with Crippen LogP contribution in [0.4, 0.5) is 4.39 Å². The van der Waals surface area contributed by atoms with Crippen molar-refractivity contribution >= 4 is 23.2 Å². The van der Waals surface area contributed by atoms with Crippen LogP contribution < -0.4 is 5.73 Å². The van der Waals surface area contributed by atoms with E-state index in [1.54, 1.807) is 18.2 Å². The lowest BCUT2D eigenvalue weighted by atomic mass is 9.92. The van der Waals surface area contributed by atoms with Gasteiger partial charge >= 0.3 is 0 Å². The Morgan fingerprint density at radius 2 is 1.68 bits per heavy atom. The normalized spacial score (nSPS) is 12.4. The molecular weight excluding hydrogens is 284 g/mol. The smallest absolute Gasteiger partial charge is 0.123 e. The van der Waals surface area contributed by atoms with E-state index < -0.39 is 0 Å². The van der Waals surface area contributed by atoms with Crippen molar-refractivity contribution in [3.8, 4) is 0 Å². The minimum atomic E-state index is -0.242. The summed E-state index contributed by atoms with van der Waals surface area (Å²) in [6.45, 7) is 0.492. The van der Waals surface area contributed by atoms with Crippen LogP contribution in [0.15, 0.2) is 42.5 Å². The van der Waals surface area contributed by atoms with Gasteiger partial charge in [0.2, 0.25) is 0 Å². The van der Waals surface area contributed by atoms with E-state index in [-0.39, 0.29) is 11.7 Å². The van der Waals surface area contributed by atoms with E-state index in [0.717, 1.165) is 17.5 Å². The highest BCUT2D eigenvalue weighted by Crippen LogP contribution is 2.26. The first kappa shape index (κ1) is 14.3. The first-order chi connectivity index (χ1) is 9.10. The van der Waals surface area contributed by atoms with E-state index >= 15 is 0 Å². The van der Waals surface area contributed by atoms with Crippen LogP contribution in [0.2, 0.25) is 10.0 Å². The first-order valence-electron chi connectivity index (χ1n) is 5.99. The van der Waals surface area contributed by atoms with Crippen molar-refractivity contribution in [3.63, 3.8) is 0 Å². The van der Waals surface area contributed by atoms with Gasteiger partial charge in [-0.25, -0.2) is 4.39 Å². The Morgan fingerprint density at radius 3 is 2.26 bits per heavy atom. The van der Waals surface area contributed by atoms with Gasteiger partial charge in [-0.05, 0) is 48.4 Å². The number of hydrogen-bond donors (Lipinski definition) is 1. The molecule has 19 heavy (non-hydrogen) atoms. The fourth-order valence-corrected chi connectivity index (χ4v) is 2.34. The Kier molecular flexibility index (Phi) is 4.81. The van der Waals surface area contributed by atoms with Crippen LogP contribution in [0.5, 0.6) is 0 Å². The molecule has 0 fully saturated rings. The van der Waals surface area contributed by atoms with E-state index in [2.05, 4.69) is 0 Å². The molecule has 0 aliphatic rings. The molecular formula is C15H14Cl2FN. The van der Waals surface area contributed by atoms with Gasteiger partial charge in [0.05, 0.1) is 10.0 Å². The summed E-state index contributed by atoms with van der Waals surface area (Å²) in [6.07, 6.45) is 0.749. The molecule has 0 bridgehead atoms. The third-order valence-corrected chi connectivity index (χ3v) is 3.83. The number of hydrogen-bond acceptors (Lipinski definition) is 1. The maximum atomic E-state index is 12.9. The van der Waals surface area contributed by atoms with E-state index in [1.165, 1.54) is 12.1 Å². The molecule has 0 saturated heterocycles. The fraction of sp³-hybridized carbons (Fsp3) is 0.200. The molecule has 2 rings (SSSR count). The Morgan fingerprint density at radius 1 is 1.00 bits per heavy atom. The zero-order chi connectivity index (χ0) is 13.8. The van der Waals surface area contributed by atoms with Gasteiger partial charge in [0, 0.05) is 5.92 Å². The molecule has 0 spiro atoms. The molecule has 0 saturated carbocycles. The van der Waals surface area contributed by atoms with Crippen LogP contribution in [-0.4, -0.2) is 6.54 Å². The summed E-state index contributed by atoms with van der Waals surface area (Å²) < 4.78 is 12.9. The second-order valence-electron chi connectivity index (χ2n) is 4.44. The van der Waals surface area contributed by atoms with Gasteiger partial charge < -0.3 is 5.73 Å². The maximum Gasteiger partial charge on any atom is 0.123 e. The lowest BCUT2D eigenvalue weighted by Crippen LogP contribution is -2.15. The van der Waals surface area contributed by atoms with Crippen LogP contribution in [0.3, 0.4) is 0 Å². The fourth-order valence-electron chi connectivity index (χ4n) is 2.02. The molecule has 2 aromatic carbocycles. The van der Waals surface area contributed by atoms with E-state index in [4.69, 9.17) is 28.9 Å². The molecule has 2 N–H and O–H groups in total. The van der Waals surface area contributed by atoms with Crippen molar-refractivity contribution in [2.75, 3.05) is 6.54 Å². The topological polar surface area (TPSA) is 26.0 Å². The van der Waals surface area contributed by atoms with Gasteiger partial charge in [-0.3, -0.25) is 0 Å². The second kappa shape index (κ2) is 6.38. The van der Waals surface area contributed by atoms with Crippen molar-refractivity contribution in [3.05, 3.63) is 69.5 Å². The van der Waals surface area contributed by atoms with Crippen LogP contribution in [0, 0.1) is 5.82 Å². The molecule has 1 atom stereocenters. The molecule has 0 aromatic heterocycles. The number of benzene rings is 2. The molecule has 1 unspecified atom stereocenters.